The van der Waals surface area contributed by atoms with Gasteiger partial charge in [-0.15, -0.1) is 0 Å². The van der Waals surface area contributed by atoms with E-state index in [1.165, 1.54) is 0 Å². The van der Waals surface area contributed by atoms with E-state index < -0.39 is 0 Å². The summed E-state index contributed by atoms with van der Waals surface area (Å²) in [7, 11) is 0. The Balaban J connectivity index is 1.58. The molecule has 2 aromatic rings. The standard InChI is InChI=1S/C20H21N3O2/c21-15-18-9-4-5-10-19(18)22-11-6-12-23(14-13-22)20(24)25-16-17-7-2-1-3-8-17/h1-5,7-10H,6,11-14,16H2. The molecule has 1 heterocycles. The molecule has 0 unspecified atom stereocenters. The lowest BCUT2D eigenvalue weighted by Gasteiger charge is -2.24. The summed E-state index contributed by atoms with van der Waals surface area (Å²) in [6, 6.07) is 19.5. The van der Waals surface area contributed by atoms with Crippen LogP contribution in [0.1, 0.15) is 17.5 Å². The molecule has 0 spiro atoms. The lowest BCUT2D eigenvalue weighted by molar-refractivity contribution is 0.0986. The van der Waals surface area contributed by atoms with E-state index in [2.05, 4.69) is 11.0 Å². The molecule has 0 radical (unpaired) electrons. The first-order valence-electron chi connectivity index (χ1n) is 8.47. The quantitative estimate of drug-likeness (QED) is 0.862. The number of para-hydroxylation sites is 1. The first-order chi connectivity index (χ1) is 12.3. The minimum absolute atomic E-state index is 0.278. The fourth-order valence-electron chi connectivity index (χ4n) is 3.00. The number of hydrogen-bond donors (Lipinski definition) is 0. The number of nitriles is 1. The molecule has 0 aromatic heterocycles. The maximum atomic E-state index is 12.3. The zero-order valence-corrected chi connectivity index (χ0v) is 14.1. The van der Waals surface area contributed by atoms with Gasteiger partial charge in [-0.25, -0.2) is 4.79 Å². The van der Waals surface area contributed by atoms with E-state index >= 15 is 0 Å². The summed E-state index contributed by atoms with van der Waals surface area (Å²) in [6.45, 7) is 3.06. The Morgan fingerprint density at radius 2 is 1.76 bits per heavy atom. The molecule has 2 aromatic carbocycles. The van der Waals surface area contributed by atoms with Gasteiger partial charge >= 0.3 is 6.09 Å². The number of amides is 1. The van der Waals surface area contributed by atoms with Crippen LogP contribution in [0.2, 0.25) is 0 Å². The minimum atomic E-state index is -0.278. The molecule has 5 nitrogen and oxygen atoms in total. The zero-order chi connectivity index (χ0) is 17.5. The largest absolute Gasteiger partial charge is 0.445 e. The van der Waals surface area contributed by atoms with Crippen LogP contribution in [0, 0.1) is 11.3 Å². The number of carbonyl (C=O) groups excluding carboxylic acids is 1. The van der Waals surface area contributed by atoms with Crippen molar-refractivity contribution in [3.63, 3.8) is 0 Å². The summed E-state index contributed by atoms with van der Waals surface area (Å²) in [5.41, 5.74) is 2.59. The zero-order valence-electron chi connectivity index (χ0n) is 14.1. The number of carbonyl (C=O) groups is 1. The molecule has 128 valence electrons. The van der Waals surface area contributed by atoms with Gasteiger partial charge in [-0.05, 0) is 24.1 Å². The summed E-state index contributed by atoms with van der Waals surface area (Å²) in [4.78, 5) is 16.2. The predicted molar refractivity (Wildman–Crippen MR) is 96.2 cm³/mol. The van der Waals surface area contributed by atoms with E-state index in [1.54, 1.807) is 4.90 Å². The van der Waals surface area contributed by atoms with Crippen molar-refractivity contribution in [2.45, 2.75) is 13.0 Å². The van der Waals surface area contributed by atoms with Crippen LogP contribution in [0.15, 0.2) is 54.6 Å². The number of ether oxygens (including phenoxy) is 1. The number of anilines is 1. The van der Waals surface area contributed by atoms with Crippen LogP contribution in [0.5, 0.6) is 0 Å². The summed E-state index contributed by atoms with van der Waals surface area (Å²) in [5.74, 6) is 0. The van der Waals surface area contributed by atoms with Crippen molar-refractivity contribution in [3.05, 3.63) is 65.7 Å². The van der Waals surface area contributed by atoms with E-state index in [1.807, 2.05) is 54.6 Å². The van der Waals surface area contributed by atoms with Gasteiger partial charge in [-0.1, -0.05) is 42.5 Å². The van der Waals surface area contributed by atoms with Crippen molar-refractivity contribution in [2.75, 3.05) is 31.1 Å². The Bertz CT molecular complexity index is 755. The Hall–Kier alpha value is -3.00. The van der Waals surface area contributed by atoms with Gasteiger partial charge in [0.2, 0.25) is 0 Å². The van der Waals surface area contributed by atoms with Crippen LogP contribution in [-0.2, 0) is 11.3 Å². The molecule has 0 aliphatic carbocycles. The molecule has 1 fully saturated rings. The van der Waals surface area contributed by atoms with Crippen LogP contribution in [0.25, 0.3) is 0 Å². The molecule has 0 saturated carbocycles. The van der Waals surface area contributed by atoms with Gasteiger partial charge in [-0.3, -0.25) is 0 Å². The second-order valence-electron chi connectivity index (χ2n) is 6.00. The Kier molecular flexibility index (Phi) is 5.53. The van der Waals surface area contributed by atoms with Gasteiger partial charge in [0.1, 0.15) is 12.7 Å². The van der Waals surface area contributed by atoms with E-state index in [9.17, 15) is 10.1 Å². The summed E-state index contributed by atoms with van der Waals surface area (Å²) >= 11 is 0. The van der Waals surface area contributed by atoms with Crippen molar-refractivity contribution in [3.8, 4) is 6.07 Å². The highest BCUT2D eigenvalue weighted by Crippen LogP contribution is 2.21. The SMILES string of the molecule is N#Cc1ccccc1N1CCCN(C(=O)OCc2ccccc2)CC1. The van der Waals surface area contributed by atoms with Crippen LogP contribution < -0.4 is 4.90 Å². The molecular weight excluding hydrogens is 314 g/mol. The summed E-state index contributed by atoms with van der Waals surface area (Å²) < 4.78 is 5.43. The Morgan fingerprint density at radius 1 is 1.00 bits per heavy atom. The number of rotatable bonds is 3. The molecule has 5 heteroatoms. The maximum absolute atomic E-state index is 12.3. The maximum Gasteiger partial charge on any atom is 0.410 e. The average molecular weight is 335 g/mol. The third-order valence-corrected chi connectivity index (χ3v) is 4.32. The highest BCUT2D eigenvalue weighted by atomic mass is 16.6. The minimum Gasteiger partial charge on any atom is -0.445 e. The third-order valence-electron chi connectivity index (χ3n) is 4.32. The highest BCUT2D eigenvalue weighted by Gasteiger charge is 2.21. The molecule has 25 heavy (non-hydrogen) atoms. The number of nitrogens with zero attached hydrogens (tertiary/aromatic N) is 3. The van der Waals surface area contributed by atoms with Gasteiger partial charge in [0, 0.05) is 26.2 Å². The second kappa shape index (κ2) is 8.20. The van der Waals surface area contributed by atoms with Crippen molar-refractivity contribution in [1.82, 2.24) is 4.90 Å². The second-order valence-corrected chi connectivity index (χ2v) is 6.00. The van der Waals surface area contributed by atoms with Crippen molar-refractivity contribution >= 4 is 11.8 Å². The van der Waals surface area contributed by atoms with Crippen LogP contribution >= 0.6 is 0 Å². The van der Waals surface area contributed by atoms with E-state index in [4.69, 9.17) is 4.74 Å². The lowest BCUT2D eigenvalue weighted by atomic mass is 10.1. The highest BCUT2D eigenvalue weighted by molar-refractivity contribution is 5.68. The van der Waals surface area contributed by atoms with Crippen molar-refractivity contribution < 1.29 is 9.53 Å². The van der Waals surface area contributed by atoms with Crippen LogP contribution in [-0.4, -0.2) is 37.2 Å². The molecule has 0 N–H and O–H groups in total. The fourth-order valence-corrected chi connectivity index (χ4v) is 3.00. The molecule has 0 atom stereocenters. The number of hydrogen-bond acceptors (Lipinski definition) is 4. The Morgan fingerprint density at radius 3 is 2.56 bits per heavy atom. The first-order valence-corrected chi connectivity index (χ1v) is 8.47. The van der Waals surface area contributed by atoms with Crippen LogP contribution in [0.3, 0.4) is 0 Å². The molecular formula is C20H21N3O2. The Labute approximate surface area is 148 Å². The van der Waals surface area contributed by atoms with Gasteiger partial charge < -0.3 is 14.5 Å². The molecule has 0 bridgehead atoms. The van der Waals surface area contributed by atoms with Gasteiger partial charge in [0.05, 0.1) is 11.3 Å². The monoisotopic (exact) mass is 335 g/mol. The van der Waals surface area contributed by atoms with Crippen molar-refractivity contribution in [2.24, 2.45) is 0 Å². The van der Waals surface area contributed by atoms with E-state index in [-0.39, 0.29) is 12.7 Å². The predicted octanol–water partition coefficient (Wildman–Crippen LogP) is 3.41. The van der Waals surface area contributed by atoms with Crippen molar-refractivity contribution in [1.29, 1.82) is 5.26 Å². The molecule has 1 saturated heterocycles. The average Bonchev–Trinajstić information content (AvgIpc) is 2.93. The molecule has 1 aliphatic rings. The summed E-state index contributed by atoms with van der Waals surface area (Å²) in [6.07, 6.45) is 0.569. The summed E-state index contributed by atoms with van der Waals surface area (Å²) in [5, 5.41) is 9.28. The molecule has 1 aliphatic heterocycles. The fraction of sp³-hybridized carbons (Fsp3) is 0.300. The number of benzene rings is 2. The third kappa shape index (κ3) is 4.30. The topological polar surface area (TPSA) is 56.6 Å². The van der Waals surface area contributed by atoms with Gasteiger partial charge in [-0.2, -0.15) is 5.26 Å². The smallest absolute Gasteiger partial charge is 0.410 e. The van der Waals surface area contributed by atoms with Crippen LogP contribution in [0.4, 0.5) is 10.5 Å². The first kappa shape index (κ1) is 16.8. The van der Waals surface area contributed by atoms with E-state index in [0.717, 1.165) is 24.2 Å². The van der Waals surface area contributed by atoms with Gasteiger partial charge in [0.25, 0.3) is 0 Å². The molecule has 1 amide bonds. The lowest BCUT2D eigenvalue weighted by Crippen LogP contribution is -2.35. The van der Waals surface area contributed by atoms with Gasteiger partial charge in [0.15, 0.2) is 0 Å². The molecule has 3 rings (SSSR count). The van der Waals surface area contributed by atoms with E-state index in [0.29, 0.717) is 25.2 Å². The normalized spacial score (nSPS) is 14.5.